The Kier molecular flexibility index (Phi) is 6.58. The minimum Gasteiger partial charge on any atom is -0.486 e. The summed E-state index contributed by atoms with van der Waals surface area (Å²) in [7, 11) is 0. The van der Waals surface area contributed by atoms with Crippen molar-refractivity contribution in [2.45, 2.75) is 19.1 Å². The van der Waals surface area contributed by atoms with Gasteiger partial charge in [-0.15, -0.1) is 5.01 Å². The average molecular weight is 560 g/mol. The molecule has 1 aromatic heterocycles. The number of urea groups is 1. The van der Waals surface area contributed by atoms with E-state index in [1.54, 1.807) is 16.9 Å². The molecule has 4 aromatic rings. The number of hydrazone groups is 1. The lowest BCUT2D eigenvalue weighted by molar-refractivity contribution is -0.131. The number of ether oxygens (including phenoxy) is 3. The summed E-state index contributed by atoms with van der Waals surface area (Å²) in [6, 6.07) is 19.6. The van der Waals surface area contributed by atoms with Gasteiger partial charge in [0.1, 0.15) is 30.2 Å². The molecule has 1 N–H and O–H groups in total. The zero-order chi connectivity index (χ0) is 28.6. The number of hydrogen-bond acceptors (Lipinski definition) is 7. The predicted molar refractivity (Wildman–Crippen MR) is 143 cm³/mol. The maximum Gasteiger partial charge on any atom is 0.387 e. The van der Waals surface area contributed by atoms with Crippen molar-refractivity contribution in [3.05, 3.63) is 90.1 Å². The van der Waals surface area contributed by atoms with E-state index in [-0.39, 0.29) is 5.75 Å². The number of benzene rings is 3. The highest BCUT2D eigenvalue weighted by Crippen LogP contribution is 2.35. The van der Waals surface area contributed by atoms with E-state index in [4.69, 9.17) is 14.6 Å². The standard InChI is InChI=1S/C29H23F2N5O5/c1-29(20-8-10-22(11-9-20)41-27(30)31)26(37)36(28(38)33-29)32-16-19-17-35(21-5-3-2-4-6-21)34-25(19)18-7-12-23-24(15-18)40-14-13-39-23/h2-12,15-17,27H,13-14H2,1H3,(H,33,38)/b32-16+. The van der Waals surface area contributed by atoms with Gasteiger partial charge in [-0.2, -0.15) is 19.0 Å². The molecule has 1 saturated heterocycles. The van der Waals surface area contributed by atoms with Crippen molar-refractivity contribution in [3.8, 4) is 34.2 Å². The molecule has 208 valence electrons. The lowest BCUT2D eigenvalue weighted by Gasteiger charge is -2.21. The number of hydrogen-bond donors (Lipinski definition) is 1. The number of nitrogens with zero attached hydrogens (tertiary/aromatic N) is 4. The Labute approximate surface area is 232 Å². The first-order valence-electron chi connectivity index (χ1n) is 12.6. The van der Waals surface area contributed by atoms with Crippen molar-refractivity contribution < 1.29 is 32.6 Å². The fraction of sp³-hybridized carbons (Fsp3) is 0.172. The largest absolute Gasteiger partial charge is 0.486 e. The molecule has 1 unspecified atom stereocenters. The summed E-state index contributed by atoms with van der Waals surface area (Å²) in [4.78, 5) is 26.2. The van der Waals surface area contributed by atoms with Gasteiger partial charge in [-0.25, -0.2) is 9.48 Å². The molecule has 2 aliphatic heterocycles. The molecule has 1 fully saturated rings. The predicted octanol–water partition coefficient (Wildman–Crippen LogP) is 4.71. The van der Waals surface area contributed by atoms with Gasteiger partial charge in [0.05, 0.1) is 11.9 Å². The highest BCUT2D eigenvalue weighted by molar-refractivity contribution is 6.07. The summed E-state index contributed by atoms with van der Waals surface area (Å²) in [6.07, 6.45) is 3.13. The second-order valence-corrected chi connectivity index (χ2v) is 9.39. The van der Waals surface area contributed by atoms with Crippen LogP contribution in [0.15, 0.2) is 84.1 Å². The summed E-state index contributed by atoms with van der Waals surface area (Å²) in [5, 5.41) is 12.3. The second kappa shape index (κ2) is 10.4. The number of halogens is 2. The van der Waals surface area contributed by atoms with Crippen LogP contribution < -0.4 is 19.5 Å². The Morgan fingerprint density at radius 3 is 2.49 bits per heavy atom. The van der Waals surface area contributed by atoms with Crippen LogP contribution in [0.3, 0.4) is 0 Å². The normalized spacial score (nSPS) is 18.3. The maximum absolute atomic E-state index is 13.4. The monoisotopic (exact) mass is 559 g/mol. The minimum atomic E-state index is -2.98. The van der Waals surface area contributed by atoms with Crippen molar-refractivity contribution in [2.24, 2.45) is 5.10 Å². The first-order valence-corrected chi connectivity index (χ1v) is 12.6. The van der Waals surface area contributed by atoms with E-state index in [0.717, 1.165) is 16.3 Å². The van der Waals surface area contributed by atoms with Gasteiger partial charge in [0.2, 0.25) is 0 Å². The smallest absolute Gasteiger partial charge is 0.387 e. The summed E-state index contributed by atoms with van der Waals surface area (Å²) in [6.45, 7) is -0.575. The summed E-state index contributed by atoms with van der Waals surface area (Å²) < 4.78 is 42.5. The van der Waals surface area contributed by atoms with Crippen molar-refractivity contribution in [1.29, 1.82) is 0 Å². The maximum atomic E-state index is 13.4. The molecular formula is C29H23F2N5O5. The molecule has 1 atom stereocenters. The highest BCUT2D eigenvalue weighted by Gasteiger charge is 2.49. The van der Waals surface area contributed by atoms with Crippen LogP contribution in [0.2, 0.25) is 0 Å². The third-order valence-electron chi connectivity index (χ3n) is 6.72. The molecule has 0 aliphatic carbocycles. The molecule has 6 rings (SSSR count). The van der Waals surface area contributed by atoms with E-state index in [2.05, 4.69) is 15.2 Å². The lowest BCUT2D eigenvalue weighted by Crippen LogP contribution is -2.40. The fourth-order valence-corrected chi connectivity index (χ4v) is 4.62. The number of para-hydroxylation sites is 1. The number of nitrogens with one attached hydrogen (secondary N) is 1. The number of carbonyl (C=O) groups excluding carboxylic acids is 2. The van der Waals surface area contributed by atoms with E-state index in [0.29, 0.717) is 41.5 Å². The molecule has 0 bridgehead atoms. The molecule has 3 amide bonds. The zero-order valence-electron chi connectivity index (χ0n) is 21.7. The molecule has 0 spiro atoms. The van der Waals surface area contributed by atoms with Gasteiger partial charge in [0.25, 0.3) is 5.91 Å². The van der Waals surface area contributed by atoms with Crippen LogP contribution in [0.4, 0.5) is 13.6 Å². The van der Waals surface area contributed by atoms with Gasteiger partial charge in [-0.05, 0) is 55.0 Å². The minimum absolute atomic E-state index is 0.0684. The Bertz CT molecular complexity index is 1640. The van der Waals surface area contributed by atoms with Crippen LogP contribution in [0.5, 0.6) is 17.2 Å². The summed E-state index contributed by atoms with van der Waals surface area (Å²) in [5.41, 5.74) is 1.51. The first-order chi connectivity index (χ1) is 19.8. The topological polar surface area (TPSA) is 107 Å². The Morgan fingerprint density at radius 1 is 1.02 bits per heavy atom. The van der Waals surface area contributed by atoms with Gasteiger partial charge in [-0.3, -0.25) is 4.79 Å². The highest BCUT2D eigenvalue weighted by atomic mass is 19.3. The number of rotatable bonds is 7. The van der Waals surface area contributed by atoms with Gasteiger partial charge < -0.3 is 19.5 Å². The Hall–Kier alpha value is -5.26. The molecule has 10 nitrogen and oxygen atoms in total. The summed E-state index contributed by atoms with van der Waals surface area (Å²) in [5.74, 6) is 0.504. The van der Waals surface area contributed by atoms with E-state index >= 15 is 0 Å². The van der Waals surface area contributed by atoms with Crippen molar-refractivity contribution in [2.75, 3.05) is 13.2 Å². The Balaban J connectivity index is 1.32. The molecular weight excluding hydrogens is 536 g/mol. The fourth-order valence-electron chi connectivity index (χ4n) is 4.62. The van der Waals surface area contributed by atoms with Crippen LogP contribution >= 0.6 is 0 Å². The second-order valence-electron chi connectivity index (χ2n) is 9.39. The lowest BCUT2D eigenvalue weighted by atomic mass is 9.92. The van der Waals surface area contributed by atoms with Crippen LogP contribution in [0, 0.1) is 0 Å². The quantitative estimate of drug-likeness (QED) is 0.260. The van der Waals surface area contributed by atoms with Crippen LogP contribution in [0.1, 0.15) is 18.1 Å². The molecule has 41 heavy (non-hydrogen) atoms. The van der Waals surface area contributed by atoms with Crippen LogP contribution in [0.25, 0.3) is 16.9 Å². The average Bonchev–Trinajstić information content (AvgIpc) is 3.50. The van der Waals surface area contributed by atoms with Crippen molar-refractivity contribution in [1.82, 2.24) is 20.1 Å². The van der Waals surface area contributed by atoms with Crippen molar-refractivity contribution >= 4 is 18.2 Å². The molecule has 3 heterocycles. The first kappa shape index (κ1) is 26.0. The van der Waals surface area contributed by atoms with E-state index in [9.17, 15) is 18.4 Å². The molecule has 2 aliphatic rings. The van der Waals surface area contributed by atoms with Gasteiger partial charge in [-0.1, -0.05) is 30.3 Å². The van der Waals surface area contributed by atoms with Crippen LogP contribution in [-0.4, -0.2) is 52.8 Å². The molecule has 0 radical (unpaired) electrons. The number of alkyl halides is 2. The summed E-state index contributed by atoms with van der Waals surface area (Å²) >= 11 is 0. The van der Waals surface area contributed by atoms with Gasteiger partial charge >= 0.3 is 12.6 Å². The third kappa shape index (κ3) is 4.95. The number of carbonyl (C=O) groups is 2. The SMILES string of the molecule is CC1(c2ccc(OC(F)F)cc2)NC(=O)N(/N=C/c2cn(-c3ccccc3)nc2-c2ccc3c(c2)OCCO3)C1=O. The third-order valence-corrected chi connectivity index (χ3v) is 6.72. The Morgan fingerprint density at radius 2 is 1.76 bits per heavy atom. The van der Waals surface area contributed by atoms with Crippen LogP contribution in [-0.2, 0) is 10.3 Å². The number of amides is 3. The number of imide groups is 1. The number of fused-ring (bicyclic) bond motifs is 1. The van der Waals surface area contributed by atoms with Gasteiger partial charge in [0.15, 0.2) is 11.5 Å². The van der Waals surface area contributed by atoms with E-state index in [1.165, 1.54) is 37.4 Å². The molecule has 12 heteroatoms. The zero-order valence-corrected chi connectivity index (χ0v) is 21.7. The van der Waals surface area contributed by atoms with E-state index < -0.39 is 24.1 Å². The van der Waals surface area contributed by atoms with Gasteiger partial charge in [0, 0.05) is 17.3 Å². The van der Waals surface area contributed by atoms with Crippen molar-refractivity contribution in [3.63, 3.8) is 0 Å². The molecule has 3 aromatic carbocycles. The number of aromatic nitrogens is 2. The van der Waals surface area contributed by atoms with E-state index in [1.807, 2.05) is 42.5 Å². The molecule has 0 saturated carbocycles.